The number of nitrogens with one attached hydrogen (secondary N) is 2. The molecule has 0 radical (unpaired) electrons. The molecule has 1 aromatic carbocycles. The van der Waals surface area contributed by atoms with Crippen LogP contribution in [0.15, 0.2) is 73.1 Å². The van der Waals surface area contributed by atoms with Gasteiger partial charge in [0.2, 0.25) is 23.6 Å². The summed E-state index contributed by atoms with van der Waals surface area (Å²) in [6.45, 7) is -2.97. The van der Waals surface area contributed by atoms with Crippen LogP contribution < -0.4 is 22.1 Å². The van der Waals surface area contributed by atoms with Crippen LogP contribution in [0.4, 0.5) is 11.4 Å². The minimum Gasteiger partial charge on any atom is -0.394 e. The second kappa shape index (κ2) is 15.7. The third-order valence-corrected chi connectivity index (χ3v) is 5.87. The highest BCUT2D eigenvalue weighted by atomic mass is 16.3. The smallest absolute Gasteiger partial charge is 0.279 e. The second-order valence-corrected chi connectivity index (χ2v) is 9.14. The number of aliphatic hydroxyl groups excluding tert-OH is 2. The first-order valence-electron chi connectivity index (χ1n) is 13.0. The zero-order chi connectivity index (χ0) is 32.2. The summed E-state index contributed by atoms with van der Waals surface area (Å²) in [5, 5.41) is 23.6. The Hall–Kier alpha value is -5.42. The highest BCUT2D eigenvalue weighted by Gasteiger charge is 2.31. The quantitative estimate of drug-likeness (QED) is 0.135. The van der Waals surface area contributed by atoms with E-state index in [9.17, 15) is 39.0 Å². The lowest BCUT2D eigenvalue weighted by molar-refractivity contribution is -0.134. The van der Waals surface area contributed by atoms with Crippen LogP contribution >= 0.6 is 0 Å². The van der Waals surface area contributed by atoms with Crippen LogP contribution in [0, 0.1) is 0 Å². The maximum Gasteiger partial charge on any atom is 0.279 e. The number of imide groups is 2. The molecule has 0 bridgehead atoms. The highest BCUT2D eigenvalue weighted by molar-refractivity contribution is 6.09. The third-order valence-electron chi connectivity index (χ3n) is 5.87. The van der Waals surface area contributed by atoms with Gasteiger partial charge in [0, 0.05) is 23.8 Å². The number of carbonyl (C=O) groups is 6. The molecule has 0 saturated heterocycles. The molecule has 3 aromatic rings. The maximum atomic E-state index is 12.9. The Labute approximate surface area is 250 Å². The van der Waals surface area contributed by atoms with E-state index in [2.05, 4.69) is 20.6 Å². The fraction of sp³-hybridized carbons (Fsp3) is 0.214. The molecule has 16 nitrogen and oxygen atoms in total. The van der Waals surface area contributed by atoms with E-state index in [4.69, 9.17) is 11.5 Å². The van der Waals surface area contributed by atoms with E-state index in [0.717, 1.165) is 0 Å². The molecular formula is C28H30N8O8. The summed E-state index contributed by atoms with van der Waals surface area (Å²) in [6, 6.07) is 11.6. The predicted octanol–water partition coefficient (Wildman–Crippen LogP) is -1.67. The van der Waals surface area contributed by atoms with Crippen LogP contribution in [0.5, 0.6) is 0 Å². The van der Waals surface area contributed by atoms with Crippen LogP contribution in [0.25, 0.3) is 0 Å². The number of aliphatic hydroxyl groups is 2. The van der Waals surface area contributed by atoms with Gasteiger partial charge in [-0.05, 0) is 48.5 Å². The summed E-state index contributed by atoms with van der Waals surface area (Å²) in [5.74, 6) is -5.28. The minimum absolute atomic E-state index is 0.112. The van der Waals surface area contributed by atoms with Gasteiger partial charge < -0.3 is 32.3 Å². The van der Waals surface area contributed by atoms with Gasteiger partial charge in [-0.25, -0.2) is 0 Å². The molecule has 0 unspecified atom stereocenters. The van der Waals surface area contributed by atoms with E-state index in [1.54, 1.807) is 12.1 Å². The minimum atomic E-state index is -1.44. The van der Waals surface area contributed by atoms with Gasteiger partial charge in [0.1, 0.15) is 36.6 Å². The summed E-state index contributed by atoms with van der Waals surface area (Å²) < 4.78 is 0. The number of nitrogens with two attached hydrogens (primary N) is 2. The van der Waals surface area contributed by atoms with Crippen LogP contribution in [0.3, 0.4) is 0 Å². The first-order valence-corrected chi connectivity index (χ1v) is 13.0. The summed E-state index contributed by atoms with van der Waals surface area (Å²) in [4.78, 5) is 85.3. The summed E-state index contributed by atoms with van der Waals surface area (Å²) in [6.07, 6.45) is 2.67. The lowest BCUT2D eigenvalue weighted by Gasteiger charge is -2.23. The average Bonchev–Trinajstić information content (AvgIpc) is 3.05. The van der Waals surface area contributed by atoms with Gasteiger partial charge in [0.25, 0.3) is 11.8 Å². The number of amides is 6. The van der Waals surface area contributed by atoms with Crippen LogP contribution in [-0.2, 0) is 19.2 Å². The third kappa shape index (κ3) is 8.79. The topological polar surface area (TPSA) is 251 Å². The van der Waals surface area contributed by atoms with Crippen molar-refractivity contribution in [2.24, 2.45) is 11.5 Å². The van der Waals surface area contributed by atoms with Gasteiger partial charge in [0.05, 0.1) is 13.2 Å². The fourth-order valence-corrected chi connectivity index (χ4v) is 3.64. The van der Waals surface area contributed by atoms with Gasteiger partial charge >= 0.3 is 0 Å². The molecule has 0 aliphatic heterocycles. The number of hydrogen-bond acceptors (Lipinski definition) is 12. The van der Waals surface area contributed by atoms with Crippen molar-refractivity contribution in [2.75, 3.05) is 36.9 Å². The van der Waals surface area contributed by atoms with E-state index in [-0.39, 0.29) is 22.8 Å². The van der Waals surface area contributed by atoms with Crippen molar-refractivity contribution >= 4 is 46.8 Å². The summed E-state index contributed by atoms with van der Waals surface area (Å²) in [5.41, 5.74) is 11.4. The standard InChI is InChI=1S/C28H30N8O8/c29-19(15-37)25(41)35(27(43)21-5-1-3-11-31-21)13-23(39)33-17-7-9-18(10-8-17)34-24(40)14-36(26(42)20(30)16-38)28(44)22-6-2-4-12-32-22/h1-12,19-20,37-38H,13-16,29-30H2,(H,33,39)(H,34,40)/t19-,20-/m0/s1. The number of carbonyl (C=O) groups excluding carboxylic acids is 6. The molecule has 3 rings (SSSR count). The first kappa shape index (κ1) is 33.1. The molecule has 0 aliphatic carbocycles. The van der Waals surface area contributed by atoms with Crippen molar-refractivity contribution in [1.29, 1.82) is 0 Å². The Morgan fingerprint density at radius 1 is 0.636 bits per heavy atom. The number of benzene rings is 1. The Morgan fingerprint density at radius 2 is 1.00 bits per heavy atom. The van der Waals surface area contributed by atoms with Crippen molar-refractivity contribution < 1.29 is 39.0 Å². The molecule has 0 fully saturated rings. The number of hydrogen-bond donors (Lipinski definition) is 6. The lowest BCUT2D eigenvalue weighted by Crippen LogP contribution is -2.51. The molecule has 0 saturated carbocycles. The first-order chi connectivity index (χ1) is 21.0. The molecule has 0 aliphatic rings. The van der Waals surface area contributed by atoms with Gasteiger partial charge in [0.15, 0.2) is 0 Å². The van der Waals surface area contributed by atoms with Crippen LogP contribution in [0.1, 0.15) is 21.0 Å². The number of nitrogens with zero attached hydrogens (tertiary/aromatic N) is 4. The van der Waals surface area contributed by atoms with Crippen LogP contribution in [-0.4, -0.2) is 104 Å². The number of anilines is 2. The van der Waals surface area contributed by atoms with Crippen molar-refractivity contribution in [1.82, 2.24) is 19.8 Å². The SMILES string of the molecule is N[C@@H](CO)C(=O)N(CC(=O)Nc1ccc(NC(=O)CN(C(=O)c2ccccn2)C(=O)[C@@H](N)CO)cc1)C(=O)c1ccccn1. The molecule has 44 heavy (non-hydrogen) atoms. The zero-order valence-electron chi connectivity index (χ0n) is 23.2. The van der Waals surface area contributed by atoms with Gasteiger partial charge in [-0.1, -0.05) is 12.1 Å². The molecular weight excluding hydrogens is 576 g/mol. The van der Waals surface area contributed by atoms with E-state index >= 15 is 0 Å². The van der Waals surface area contributed by atoms with Crippen molar-refractivity contribution in [3.8, 4) is 0 Å². The summed E-state index contributed by atoms with van der Waals surface area (Å²) >= 11 is 0. The van der Waals surface area contributed by atoms with Gasteiger partial charge in [-0.15, -0.1) is 0 Å². The van der Waals surface area contributed by atoms with Crippen molar-refractivity contribution in [2.45, 2.75) is 12.1 Å². The fourth-order valence-electron chi connectivity index (χ4n) is 3.64. The average molecular weight is 607 g/mol. The molecule has 2 atom stereocenters. The Kier molecular flexibility index (Phi) is 11.8. The molecule has 6 amide bonds. The molecule has 0 spiro atoms. The maximum absolute atomic E-state index is 12.9. The zero-order valence-corrected chi connectivity index (χ0v) is 23.2. The Morgan fingerprint density at radius 3 is 1.30 bits per heavy atom. The van der Waals surface area contributed by atoms with Crippen LogP contribution in [0.2, 0.25) is 0 Å². The predicted molar refractivity (Wildman–Crippen MR) is 154 cm³/mol. The monoisotopic (exact) mass is 606 g/mol. The molecule has 2 aromatic heterocycles. The van der Waals surface area contributed by atoms with E-state index in [1.807, 2.05) is 0 Å². The molecule has 16 heteroatoms. The lowest BCUT2D eigenvalue weighted by atomic mass is 10.2. The Balaban J connectivity index is 1.66. The normalized spacial score (nSPS) is 11.9. The highest BCUT2D eigenvalue weighted by Crippen LogP contribution is 2.15. The largest absolute Gasteiger partial charge is 0.394 e. The molecule has 2 heterocycles. The molecule has 8 N–H and O–H groups in total. The van der Waals surface area contributed by atoms with Gasteiger partial charge in [-0.3, -0.25) is 48.5 Å². The van der Waals surface area contributed by atoms with E-state index in [1.165, 1.54) is 60.9 Å². The van der Waals surface area contributed by atoms with E-state index < -0.39 is 73.8 Å². The number of pyridine rings is 2. The Bertz CT molecular complexity index is 1380. The second-order valence-electron chi connectivity index (χ2n) is 9.14. The molecule has 230 valence electrons. The van der Waals surface area contributed by atoms with Crippen molar-refractivity contribution in [3.63, 3.8) is 0 Å². The number of aromatic nitrogens is 2. The summed E-state index contributed by atoms with van der Waals surface area (Å²) in [7, 11) is 0. The van der Waals surface area contributed by atoms with Gasteiger partial charge in [-0.2, -0.15) is 0 Å². The van der Waals surface area contributed by atoms with E-state index in [0.29, 0.717) is 9.80 Å². The number of rotatable bonds is 12. The van der Waals surface area contributed by atoms with Crippen molar-refractivity contribution in [3.05, 3.63) is 84.4 Å².